The lowest BCUT2D eigenvalue weighted by Crippen LogP contribution is -1.98. The third-order valence-corrected chi connectivity index (χ3v) is 4.24. The van der Waals surface area contributed by atoms with Crippen LogP contribution in [0.2, 0.25) is 0 Å². The van der Waals surface area contributed by atoms with Gasteiger partial charge in [-0.05, 0) is 30.2 Å². The molecule has 111 valence electrons. The largest absolute Gasteiger partial charge is 0.493 e. The number of thiazole rings is 1. The Morgan fingerprint density at radius 3 is 2.95 bits per heavy atom. The van der Waals surface area contributed by atoms with E-state index < -0.39 is 0 Å². The number of ether oxygens (including phenoxy) is 1. The molecule has 22 heavy (non-hydrogen) atoms. The molecule has 0 aliphatic carbocycles. The topological polar surface area (TPSA) is 22.1 Å². The number of benzene rings is 2. The van der Waals surface area contributed by atoms with Gasteiger partial charge >= 0.3 is 0 Å². The summed E-state index contributed by atoms with van der Waals surface area (Å²) in [4.78, 5) is 4.38. The molecule has 0 unspecified atom stereocenters. The number of hydrogen-bond acceptors (Lipinski definition) is 3. The van der Waals surface area contributed by atoms with Gasteiger partial charge in [0.2, 0.25) is 0 Å². The van der Waals surface area contributed by atoms with Crippen LogP contribution in [-0.4, -0.2) is 11.6 Å². The van der Waals surface area contributed by atoms with E-state index in [0.717, 1.165) is 46.9 Å². The summed E-state index contributed by atoms with van der Waals surface area (Å²) < 4.78 is 5.93. The first kappa shape index (κ1) is 14.8. The van der Waals surface area contributed by atoms with Crippen molar-refractivity contribution in [3.8, 4) is 27.4 Å². The zero-order valence-electron chi connectivity index (χ0n) is 12.6. The summed E-state index contributed by atoms with van der Waals surface area (Å²) in [5.74, 6) is 0.920. The minimum absolute atomic E-state index is 0.750. The molecule has 0 N–H and O–H groups in total. The summed E-state index contributed by atoms with van der Waals surface area (Å²) in [6.45, 7) is 2.92. The van der Waals surface area contributed by atoms with Gasteiger partial charge in [0.1, 0.15) is 10.8 Å². The third kappa shape index (κ3) is 3.37. The fraction of sp³-hybridized carbons (Fsp3) is 0.211. The molecule has 0 saturated heterocycles. The maximum Gasteiger partial charge on any atom is 0.127 e. The van der Waals surface area contributed by atoms with Crippen molar-refractivity contribution in [2.45, 2.75) is 19.8 Å². The van der Waals surface area contributed by atoms with Gasteiger partial charge in [0.25, 0.3) is 0 Å². The SMILES string of the molecule is CCCCOc1ccccc1-c1[c]ccc(-c2nccs2)c1. The molecule has 0 fully saturated rings. The standard InChI is InChI=1S/C19H18NOS/c1-2-3-12-21-18-10-5-4-9-17(18)15-7-6-8-16(14-15)19-20-11-13-22-19/h4-6,8-11,13-14H,2-3,12H2,1H3. The number of rotatable bonds is 6. The summed E-state index contributed by atoms with van der Waals surface area (Å²) in [7, 11) is 0. The second-order valence-corrected chi connectivity index (χ2v) is 5.92. The maximum atomic E-state index is 5.93. The Balaban J connectivity index is 1.92. The van der Waals surface area contributed by atoms with Crippen molar-refractivity contribution < 1.29 is 4.74 Å². The first-order valence-electron chi connectivity index (χ1n) is 7.52. The number of aromatic nitrogens is 1. The summed E-state index contributed by atoms with van der Waals surface area (Å²) >= 11 is 1.64. The predicted octanol–water partition coefficient (Wildman–Crippen LogP) is 5.46. The number of hydrogen-bond donors (Lipinski definition) is 0. The van der Waals surface area contributed by atoms with Gasteiger partial charge in [0.15, 0.2) is 0 Å². The minimum Gasteiger partial charge on any atom is -0.493 e. The molecule has 0 aliphatic heterocycles. The molecule has 1 heterocycles. The second-order valence-electron chi connectivity index (χ2n) is 5.03. The van der Waals surface area contributed by atoms with Gasteiger partial charge in [-0.15, -0.1) is 11.3 Å². The van der Waals surface area contributed by atoms with Gasteiger partial charge in [-0.25, -0.2) is 4.98 Å². The van der Waals surface area contributed by atoms with Gasteiger partial charge in [-0.3, -0.25) is 0 Å². The molecule has 3 aromatic rings. The van der Waals surface area contributed by atoms with Gasteiger partial charge in [-0.1, -0.05) is 43.7 Å². The summed E-state index contributed by atoms with van der Waals surface area (Å²) in [5.41, 5.74) is 3.24. The molecular formula is C19H18NOS. The fourth-order valence-corrected chi connectivity index (χ4v) is 2.90. The first-order chi connectivity index (χ1) is 10.9. The van der Waals surface area contributed by atoms with Crippen LogP contribution in [-0.2, 0) is 0 Å². The van der Waals surface area contributed by atoms with Gasteiger partial charge < -0.3 is 4.74 Å². The van der Waals surface area contributed by atoms with Crippen LogP contribution < -0.4 is 4.74 Å². The number of para-hydroxylation sites is 1. The fourth-order valence-electron chi connectivity index (χ4n) is 2.26. The van der Waals surface area contributed by atoms with Crippen molar-refractivity contribution in [2.75, 3.05) is 6.61 Å². The van der Waals surface area contributed by atoms with Gasteiger partial charge in [-0.2, -0.15) is 0 Å². The summed E-state index contributed by atoms with van der Waals surface area (Å²) in [6.07, 6.45) is 4.03. The Bertz CT molecular complexity index is 722. The molecule has 0 bridgehead atoms. The zero-order valence-corrected chi connectivity index (χ0v) is 13.4. The molecular weight excluding hydrogens is 290 g/mol. The van der Waals surface area contributed by atoms with Crippen LogP contribution >= 0.6 is 11.3 Å². The number of nitrogens with zero attached hydrogens (tertiary/aromatic N) is 1. The molecule has 2 aromatic carbocycles. The Morgan fingerprint density at radius 2 is 2.14 bits per heavy atom. The van der Waals surface area contributed by atoms with E-state index in [-0.39, 0.29) is 0 Å². The lowest BCUT2D eigenvalue weighted by molar-refractivity contribution is 0.310. The molecule has 1 radical (unpaired) electrons. The Labute approximate surface area is 135 Å². The van der Waals surface area contributed by atoms with Crippen molar-refractivity contribution in [1.29, 1.82) is 0 Å². The monoisotopic (exact) mass is 308 g/mol. The molecule has 3 heteroatoms. The Morgan fingerprint density at radius 1 is 1.23 bits per heavy atom. The van der Waals surface area contributed by atoms with Crippen LogP contribution in [0, 0.1) is 6.07 Å². The second kappa shape index (κ2) is 7.23. The van der Waals surface area contributed by atoms with E-state index >= 15 is 0 Å². The lowest BCUT2D eigenvalue weighted by Gasteiger charge is -2.11. The van der Waals surface area contributed by atoms with E-state index in [4.69, 9.17) is 4.74 Å². The van der Waals surface area contributed by atoms with Crippen molar-refractivity contribution >= 4 is 11.3 Å². The molecule has 0 amide bonds. The van der Waals surface area contributed by atoms with Crippen LogP contribution in [0.25, 0.3) is 21.7 Å². The van der Waals surface area contributed by atoms with Crippen molar-refractivity contribution in [3.05, 3.63) is 60.1 Å². The number of unbranched alkanes of at least 4 members (excludes halogenated alkanes) is 1. The van der Waals surface area contributed by atoms with E-state index in [2.05, 4.69) is 30.1 Å². The van der Waals surface area contributed by atoms with Crippen LogP contribution in [0.4, 0.5) is 0 Å². The summed E-state index contributed by atoms with van der Waals surface area (Å²) in [6, 6.07) is 17.6. The Kier molecular flexibility index (Phi) is 4.86. The molecule has 2 nitrogen and oxygen atoms in total. The quantitative estimate of drug-likeness (QED) is 0.564. The molecule has 3 rings (SSSR count). The molecule has 0 atom stereocenters. The normalized spacial score (nSPS) is 10.6. The third-order valence-electron chi connectivity index (χ3n) is 3.41. The molecule has 0 aliphatic rings. The van der Waals surface area contributed by atoms with E-state index in [1.807, 2.05) is 41.9 Å². The lowest BCUT2D eigenvalue weighted by atomic mass is 10.0. The minimum atomic E-state index is 0.750. The average molecular weight is 308 g/mol. The van der Waals surface area contributed by atoms with E-state index in [1.54, 1.807) is 11.3 Å². The molecule has 1 aromatic heterocycles. The highest BCUT2D eigenvalue weighted by Gasteiger charge is 2.08. The van der Waals surface area contributed by atoms with Gasteiger partial charge in [0, 0.05) is 22.7 Å². The van der Waals surface area contributed by atoms with Crippen molar-refractivity contribution in [3.63, 3.8) is 0 Å². The summed E-state index contributed by atoms with van der Waals surface area (Å²) in [5, 5.41) is 3.02. The average Bonchev–Trinajstić information content (AvgIpc) is 3.10. The first-order valence-corrected chi connectivity index (χ1v) is 8.40. The highest BCUT2D eigenvalue weighted by atomic mass is 32.1. The van der Waals surface area contributed by atoms with Crippen LogP contribution in [0.5, 0.6) is 5.75 Å². The zero-order chi connectivity index (χ0) is 15.2. The molecule has 0 saturated carbocycles. The van der Waals surface area contributed by atoms with Crippen molar-refractivity contribution in [2.24, 2.45) is 0 Å². The predicted molar refractivity (Wildman–Crippen MR) is 92.2 cm³/mol. The van der Waals surface area contributed by atoms with E-state index in [0.29, 0.717) is 0 Å². The van der Waals surface area contributed by atoms with Crippen molar-refractivity contribution in [1.82, 2.24) is 4.98 Å². The Hall–Kier alpha value is -2.13. The van der Waals surface area contributed by atoms with Crippen LogP contribution in [0.3, 0.4) is 0 Å². The highest BCUT2D eigenvalue weighted by Crippen LogP contribution is 2.32. The maximum absolute atomic E-state index is 5.93. The van der Waals surface area contributed by atoms with Crippen LogP contribution in [0.15, 0.2) is 54.0 Å². The molecule has 0 spiro atoms. The smallest absolute Gasteiger partial charge is 0.127 e. The highest BCUT2D eigenvalue weighted by molar-refractivity contribution is 7.13. The van der Waals surface area contributed by atoms with Crippen LogP contribution in [0.1, 0.15) is 19.8 Å². The van der Waals surface area contributed by atoms with Gasteiger partial charge in [0.05, 0.1) is 6.61 Å². The van der Waals surface area contributed by atoms with E-state index in [9.17, 15) is 0 Å². The van der Waals surface area contributed by atoms with E-state index in [1.165, 1.54) is 0 Å².